The van der Waals surface area contributed by atoms with Gasteiger partial charge in [-0.25, -0.2) is 4.79 Å². The molecule has 0 spiro atoms. The van der Waals surface area contributed by atoms with Gasteiger partial charge in [0.1, 0.15) is 18.3 Å². The lowest BCUT2D eigenvalue weighted by Gasteiger charge is -2.31. The normalized spacial score (nSPS) is 24.9. The number of fused-ring (bicyclic) bond motifs is 2. The fraction of sp³-hybridized carbons (Fsp3) is 0.311. The van der Waals surface area contributed by atoms with E-state index in [0.29, 0.717) is 34.8 Å². The van der Waals surface area contributed by atoms with Crippen molar-refractivity contribution in [3.05, 3.63) is 160 Å². The SMILES string of the molecule is O=C(NCc1cccc(C(=O)NCCO)c1)C1=C[C@H]2OC(c3ccccc3)(c3ccccc3)O[C@H]2[C@H](OC(=O)c2ccccc2C=CC2CCC3OC3C2)C1. The van der Waals surface area contributed by atoms with Gasteiger partial charge in [-0.1, -0.05) is 103 Å². The third kappa shape index (κ3) is 8.04. The minimum atomic E-state index is -1.33. The van der Waals surface area contributed by atoms with Gasteiger partial charge in [0.15, 0.2) is 0 Å². The van der Waals surface area contributed by atoms with Gasteiger partial charge < -0.3 is 34.7 Å². The van der Waals surface area contributed by atoms with E-state index >= 15 is 0 Å². The van der Waals surface area contributed by atoms with Crippen LogP contribution in [0.3, 0.4) is 0 Å². The standard InChI is InChI=1S/C45H44N2O8/c48-23-22-46-42(49)32-12-9-10-30(24-32)28-47-43(50)33-26-39(53-44(51)36-17-8-7-11-31(36)20-18-29-19-21-37-38(25-29)52-37)41-40(27-33)54-45(55-41,34-13-3-1-4-14-34)35-15-5-2-6-16-35/h1-18,20,24,27,29,37-41,48H,19,21-23,25-26,28H2,(H,46,49)(H,47,50)/t29?,37?,38?,39-,40-,41+/m1/s1. The molecule has 0 bridgehead atoms. The Kier molecular flexibility index (Phi) is 10.7. The van der Waals surface area contributed by atoms with E-state index in [4.69, 9.17) is 24.1 Å². The van der Waals surface area contributed by atoms with E-state index in [1.165, 1.54) is 0 Å². The largest absolute Gasteiger partial charge is 0.456 e. The van der Waals surface area contributed by atoms with E-state index < -0.39 is 30.1 Å². The van der Waals surface area contributed by atoms with Gasteiger partial charge in [0.25, 0.3) is 5.91 Å². The summed E-state index contributed by atoms with van der Waals surface area (Å²) >= 11 is 0. The van der Waals surface area contributed by atoms with Crippen LogP contribution in [0.4, 0.5) is 0 Å². The van der Waals surface area contributed by atoms with Crippen LogP contribution in [-0.2, 0) is 36.1 Å². The van der Waals surface area contributed by atoms with Crippen LogP contribution in [0, 0.1) is 5.92 Å². The molecule has 4 aromatic carbocycles. The third-order valence-corrected chi connectivity index (χ3v) is 10.8. The van der Waals surface area contributed by atoms with E-state index in [1.54, 1.807) is 30.3 Å². The second kappa shape index (κ2) is 16.1. The topological polar surface area (TPSA) is 136 Å². The van der Waals surface area contributed by atoms with E-state index in [-0.39, 0.29) is 37.9 Å². The van der Waals surface area contributed by atoms with Gasteiger partial charge in [-0.3, -0.25) is 9.59 Å². The zero-order chi connectivity index (χ0) is 37.8. The number of ether oxygens (including phenoxy) is 4. The molecule has 1 saturated carbocycles. The van der Waals surface area contributed by atoms with Crippen molar-refractivity contribution in [1.82, 2.24) is 10.6 Å². The van der Waals surface area contributed by atoms with Crippen LogP contribution in [-0.4, -0.2) is 66.6 Å². The van der Waals surface area contributed by atoms with Crippen LogP contribution in [0.1, 0.15) is 68.7 Å². The van der Waals surface area contributed by atoms with Crippen LogP contribution in [0.15, 0.2) is 127 Å². The number of amides is 2. The molecule has 10 heteroatoms. The molecule has 0 aromatic heterocycles. The summed E-state index contributed by atoms with van der Waals surface area (Å²) in [7, 11) is 0. The average Bonchev–Trinajstić information content (AvgIpc) is 3.90. The molecule has 3 N–H and O–H groups in total. The minimum absolute atomic E-state index is 0.0913. The number of hydrogen-bond donors (Lipinski definition) is 3. The number of aliphatic hydroxyl groups excluding tert-OH is 1. The smallest absolute Gasteiger partial charge is 0.339 e. The van der Waals surface area contributed by atoms with Crippen LogP contribution in [0.25, 0.3) is 6.08 Å². The molecule has 2 amide bonds. The van der Waals surface area contributed by atoms with Crippen molar-refractivity contribution >= 4 is 23.9 Å². The molecule has 10 nitrogen and oxygen atoms in total. The second-order valence-corrected chi connectivity index (χ2v) is 14.4. The predicted molar refractivity (Wildman–Crippen MR) is 204 cm³/mol. The summed E-state index contributed by atoms with van der Waals surface area (Å²) in [5.74, 6) is -2.13. The Labute approximate surface area is 320 Å². The zero-order valence-corrected chi connectivity index (χ0v) is 30.3. The molecule has 0 radical (unpaired) electrons. The van der Waals surface area contributed by atoms with Crippen LogP contribution < -0.4 is 10.6 Å². The summed E-state index contributed by atoms with van der Waals surface area (Å²) in [6.45, 7) is 0.129. The van der Waals surface area contributed by atoms with Crippen molar-refractivity contribution in [3.8, 4) is 0 Å². The number of carbonyl (C=O) groups excluding carboxylic acids is 3. The molecular formula is C45H44N2O8. The molecule has 282 valence electrons. The Balaban J connectivity index is 1.06. The first-order valence-corrected chi connectivity index (χ1v) is 19.0. The maximum Gasteiger partial charge on any atom is 0.339 e. The molecule has 55 heavy (non-hydrogen) atoms. The number of carbonyl (C=O) groups is 3. The van der Waals surface area contributed by atoms with E-state index in [2.05, 4.69) is 16.7 Å². The Hall–Kier alpha value is -5.39. The molecule has 2 aliphatic carbocycles. The number of benzene rings is 4. The molecule has 3 unspecified atom stereocenters. The van der Waals surface area contributed by atoms with Gasteiger partial charge in [0.05, 0.1) is 24.4 Å². The van der Waals surface area contributed by atoms with Crippen molar-refractivity contribution in [1.29, 1.82) is 0 Å². The summed E-state index contributed by atoms with van der Waals surface area (Å²) in [5, 5.41) is 14.7. The van der Waals surface area contributed by atoms with E-state index in [9.17, 15) is 14.4 Å². The first-order chi connectivity index (χ1) is 26.9. The van der Waals surface area contributed by atoms with Crippen LogP contribution >= 0.6 is 0 Å². The number of rotatable bonds is 12. The molecule has 8 rings (SSSR count). The van der Waals surface area contributed by atoms with Crippen molar-refractivity contribution in [2.75, 3.05) is 13.2 Å². The predicted octanol–water partition coefficient (Wildman–Crippen LogP) is 5.85. The summed E-state index contributed by atoms with van der Waals surface area (Å²) in [6, 6.07) is 33.6. The Morgan fingerprint density at radius 1 is 0.818 bits per heavy atom. The fourth-order valence-electron chi connectivity index (χ4n) is 7.86. The molecule has 2 heterocycles. The Bertz CT molecular complexity index is 2040. The highest BCUT2D eigenvalue weighted by Gasteiger charge is 2.55. The Morgan fingerprint density at radius 3 is 2.31 bits per heavy atom. The lowest BCUT2D eigenvalue weighted by atomic mass is 9.88. The maximum atomic E-state index is 14.1. The molecule has 4 aliphatic rings. The van der Waals surface area contributed by atoms with Crippen LogP contribution in [0.2, 0.25) is 0 Å². The fourth-order valence-corrected chi connectivity index (χ4v) is 7.86. The van der Waals surface area contributed by atoms with Gasteiger partial charge >= 0.3 is 5.97 Å². The second-order valence-electron chi connectivity index (χ2n) is 14.4. The van der Waals surface area contributed by atoms with Gasteiger partial charge in [-0.15, -0.1) is 0 Å². The van der Waals surface area contributed by atoms with E-state index in [0.717, 1.165) is 41.5 Å². The summed E-state index contributed by atoms with van der Waals surface area (Å²) in [4.78, 5) is 40.5. The summed E-state index contributed by atoms with van der Waals surface area (Å²) in [6.07, 6.45) is 7.57. The molecular weight excluding hydrogens is 697 g/mol. The highest BCUT2D eigenvalue weighted by atomic mass is 16.8. The van der Waals surface area contributed by atoms with Gasteiger partial charge in [-0.05, 0) is 60.6 Å². The molecule has 4 aromatic rings. The maximum absolute atomic E-state index is 14.1. The van der Waals surface area contributed by atoms with Crippen molar-refractivity contribution < 1.29 is 38.4 Å². The number of allylic oxidation sites excluding steroid dienone is 1. The summed E-state index contributed by atoms with van der Waals surface area (Å²) in [5.41, 5.74) is 4.24. The molecule has 2 aliphatic heterocycles. The summed E-state index contributed by atoms with van der Waals surface area (Å²) < 4.78 is 25.8. The highest BCUT2D eigenvalue weighted by Crippen LogP contribution is 2.47. The molecule has 6 atom stereocenters. The number of esters is 1. The number of epoxide rings is 1. The zero-order valence-electron chi connectivity index (χ0n) is 30.3. The number of hydrogen-bond acceptors (Lipinski definition) is 8. The number of nitrogens with one attached hydrogen (secondary N) is 2. The van der Waals surface area contributed by atoms with Crippen molar-refractivity contribution in [2.45, 2.75) is 68.5 Å². The highest BCUT2D eigenvalue weighted by molar-refractivity contribution is 5.96. The number of aliphatic hydroxyl groups is 1. The monoisotopic (exact) mass is 740 g/mol. The first kappa shape index (κ1) is 36.6. The lowest BCUT2D eigenvalue weighted by molar-refractivity contribution is -0.157. The molecule has 2 saturated heterocycles. The van der Waals surface area contributed by atoms with Crippen molar-refractivity contribution in [3.63, 3.8) is 0 Å². The quantitative estimate of drug-likeness (QED) is 0.122. The Morgan fingerprint density at radius 2 is 1.56 bits per heavy atom. The van der Waals surface area contributed by atoms with Gasteiger partial charge in [0, 0.05) is 41.8 Å². The third-order valence-electron chi connectivity index (χ3n) is 10.8. The molecule has 3 fully saturated rings. The first-order valence-electron chi connectivity index (χ1n) is 19.0. The average molecular weight is 741 g/mol. The van der Waals surface area contributed by atoms with Crippen LogP contribution in [0.5, 0.6) is 0 Å². The van der Waals surface area contributed by atoms with Gasteiger partial charge in [-0.2, -0.15) is 0 Å². The minimum Gasteiger partial charge on any atom is -0.456 e. The van der Waals surface area contributed by atoms with E-state index in [1.807, 2.05) is 91.0 Å². The van der Waals surface area contributed by atoms with Gasteiger partial charge in [0.2, 0.25) is 11.7 Å². The lowest BCUT2D eigenvalue weighted by Crippen LogP contribution is -2.43. The van der Waals surface area contributed by atoms with Crippen molar-refractivity contribution in [2.24, 2.45) is 5.92 Å².